The van der Waals surface area contributed by atoms with Crippen LogP contribution in [0.5, 0.6) is 0 Å². The highest BCUT2D eigenvalue weighted by molar-refractivity contribution is 6.42. The zero-order valence-corrected chi connectivity index (χ0v) is 11.6. The highest BCUT2D eigenvalue weighted by Gasteiger charge is 2.19. The van der Waals surface area contributed by atoms with Crippen molar-refractivity contribution >= 4 is 23.2 Å². The lowest BCUT2D eigenvalue weighted by atomic mass is 10.0. The van der Waals surface area contributed by atoms with Crippen LogP contribution in [0.25, 0.3) is 0 Å². The van der Waals surface area contributed by atoms with E-state index in [0.717, 1.165) is 24.3 Å². The Hall–Kier alpha value is -0.960. The molecule has 2 nitrogen and oxygen atoms in total. The summed E-state index contributed by atoms with van der Waals surface area (Å²) in [6.45, 7) is 3.00. The van der Waals surface area contributed by atoms with Crippen molar-refractivity contribution in [1.82, 2.24) is 5.32 Å². The lowest BCUT2D eigenvalue weighted by molar-refractivity contribution is 0.447. The van der Waals surface area contributed by atoms with E-state index < -0.39 is 0 Å². The lowest BCUT2D eigenvalue weighted by Crippen LogP contribution is -2.23. The summed E-state index contributed by atoms with van der Waals surface area (Å²) in [4.78, 5) is 0. The fourth-order valence-electron chi connectivity index (χ4n) is 1.85. The van der Waals surface area contributed by atoms with E-state index in [9.17, 15) is 0 Å². The van der Waals surface area contributed by atoms with Crippen LogP contribution in [0.4, 0.5) is 0 Å². The van der Waals surface area contributed by atoms with Crippen molar-refractivity contribution in [3.05, 3.63) is 58.0 Å². The maximum Gasteiger partial charge on any atom is 0.125 e. The smallest absolute Gasteiger partial charge is 0.125 e. The SMILES string of the molecule is CCCNC(c1ccco1)c1cccc(Cl)c1Cl. The molecule has 1 heterocycles. The first-order valence-corrected chi connectivity index (χ1v) is 6.70. The maximum absolute atomic E-state index is 6.27. The van der Waals surface area contributed by atoms with E-state index in [0.29, 0.717) is 10.0 Å². The molecule has 1 unspecified atom stereocenters. The Morgan fingerprint density at radius 1 is 1.22 bits per heavy atom. The van der Waals surface area contributed by atoms with Crippen molar-refractivity contribution in [3.63, 3.8) is 0 Å². The third-order valence-corrected chi connectivity index (χ3v) is 3.55. The molecule has 0 spiro atoms. The average molecular weight is 284 g/mol. The molecule has 96 valence electrons. The summed E-state index contributed by atoms with van der Waals surface area (Å²) in [6.07, 6.45) is 2.70. The largest absolute Gasteiger partial charge is 0.467 e. The second-order valence-electron chi connectivity index (χ2n) is 4.05. The number of nitrogens with one attached hydrogen (secondary N) is 1. The molecule has 0 aliphatic rings. The van der Waals surface area contributed by atoms with Crippen molar-refractivity contribution in [1.29, 1.82) is 0 Å². The number of hydrogen-bond donors (Lipinski definition) is 1. The van der Waals surface area contributed by atoms with Gasteiger partial charge in [-0.25, -0.2) is 0 Å². The Morgan fingerprint density at radius 3 is 2.72 bits per heavy atom. The van der Waals surface area contributed by atoms with Crippen molar-refractivity contribution < 1.29 is 4.42 Å². The molecule has 0 bridgehead atoms. The second kappa shape index (κ2) is 6.28. The van der Waals surface area contributed by atoms with Crippen molar-refractivity contribution in [2.75, 3.05) is 6.54 Å². The topological polar surface area (TPSA) is 25.2 Å². The van der Waals surface area contributed by atoms with Gasteiger partial charge in [-0.1, -0.05) is 42.3 Å². The summed E-state index contributed by atoms with van der Waals surface area (Å²) >= 11 is 12.3. The minimum absolute atomic E-state index is 0.0638. The molecule has 0 amide bonds. The number of rotatable bonds is 5. The molecule has 4 heteroatoms. The fraction of sp³-hybridized carbons (Fsp3) is 0.286. The van der Waals surface area contributed by atoms with E-state index in [1.54, 1.807) is 12.3 Å². The summed E-state index contributed by atoms with van der Waals surface area (Å²) in [5, 5.41) is 4.55. The molecule has 0 radical (unpaired) electrons. The van der Waals surface area contributed by atoms with E-state index in [4.69, 9.17) is 27.6 Å². The van der Waals surface area contributed by atoms with E-state index >= 15 is 0 Å². The Balaban J connectivity index is 2.37. The second-order valence-corrected chi connectivity index (χ2v) is 4.83. The van der Waals surface area contributed by atoms with Crippen molar-refractivity contribution in [2.24, 2.45) is 0 Å². The van der Waals surface area contributed by atoms with Crippen molar-refractivity contribution in [2.45, 2.75) is 19.4 Å². The van der Waals surface area contributed by atoms with E-state index in [1.165, 1.54) is 0 Å². The lowest BCUT2D eigenvalue weighted by Gasteiger charge is -2.18. The zero-order chi connectivity index (χ0) is 13.0. The molecule has 0 saturated carbocycles. The quantitative estimate of drug-likeness (QED) is 0.862. The Kier molecular flexibility index (Phi) is 4.70. The molecule has 0 fully saturated rings. The molecule has 0 aliphatic carbocycles. The summed E-state index contributed by atoms with van der Waals surface area (Å²) in [5.41, 5.74) is 0.938. The van der Waals surface area contributed by atoms with E-state index in [2.05, 4.69) is 12.2 Å². The van der Waals surface area contributed by atoms with Gasteiger partial charge in [0.15, 0.2) is 0 Å². The molecule has 18 heavy (non-hydrogen) atoms. The van der Waals surface area contributed by atoms with Crippen LogP contribution in [0.1, 0.15) is 30.7 Å². The van der Waals surface area contributed by atoms with Gasteiger partial charge in [0, 0.05) is 0 Å². The summed E-state index contributed by atoms with van der Waals surface area (Å²) in [5.74, 6) is 0.840. The van der Waals surface area contributed by atoms with Gasteiger partial charge in [-0.3, -0.25) is 0 Å². The van der Waals surface area contributed by atoms with Crippen LogP contribution in [0.2, 0.25) is 10.0 Å². The minimum Gasteiger partial charge on any atom is -0.467 e. The number of halogens is 2. The Bertz CT molecular complexity index is 497. The van der Waals surface area contributed by atoms with Gasteiger partial charge in [0.25, 0.3) is 0 Å². The van der Waals surface area contributed by atoms with Gasteiger partial charge in [0.2, 0.25) is 0 Å². The van der Waals surface area contributed by atoms with Gasteiger partial charge < -0.3 is 9.73 Å². The van der Waals surface area contributed by atoms with Crippen LogP contribution in [-0.4, -0.2) is 6.54 Å². The first kappa shape index (κ1) is 13.5. The molecule has 1 N–H and O–H groups in total. The fourth-order valence-corrected chi connectivity index (χ4v) is 2.27. The third-order valence-electron chi connectivity index (χ3n) is 2.72. The van der Waals surface area contributed by atoms with Crippen LogP contribution in [-0.2, 0) is 0 Å². The first-order chi connectivity index (χ1) is 8.74. The zero-order valence-electron chi connectivity index (χ0n) is 10.1. The van der Waals surface area contributed by atoms with Crippen LogP contribution in [0.3, 0.4) is 0 Å². The van der Waals surface area contributed by atoms with E-state index in [1.807, 2.05) is 24.3 Å². The Labute approximate surface area is 117 Å². The van der Waals surface area contributed by atoms with Gasteiger partial charge in [-0.2, -0.15) is 0 Å². The Morgan fingerprint density at radius 2 is 2.06 bits per heavy atom. The molecule has 0 saturated heterocycles. The standard InChI is InChI=1S/C14H15Cl2NO/c1-2-8-17-14(12-7-4-9-18-12)10-5-3-6-11(15)13(10)16/h3-7,9,14,17H,2,8H2,1H3. The minimum atomic E-state index is -0.0638. The van der Waals surface area contributed by atoms with Crippen LogP contribution < -0.4 is 5.32 Å². The molecule has 1 aromatic heterocycles. The van der Waals surface area contributed by atoms with E-state index in [-0.39, 0.29) is 6.04 Å². The first-order valence-electron chi connectivity index (χ1n) is 5.94. The van der Waals surface area contributed by atoms with Gasteiger partial charge in [-0.05, 0) is 36.7 Å². The third kappa shape index (κ3) is 2.89. The highest BCUT2D eigenvalue weighted by Crippen LogP contribution is 2.33. The predicted octanol–water partition coefficient (Wildman–Crippen LogP) is 4.68. The molecule has 0 aliphatic heterocycles. The summed E-state index contributed by atoms with van der Waals surface area (Å²) in [6, 6.07) is 9.38. The monoisotopic (exact) mass is 283 g/mol. The molecule has 1 aromatic carbocycles. The highest BCUT2D eigenvalue weighted by atomic mass is 35.5. The average Bonchev–Trinajstić information content (AvgIpc) is 2.88. The summed E-state index contributed by atoms with van der Waals surface area (Å²) < 4.78 is 5.48. The molecule has 2 rings (SSSR count). The van der Waals surface area contributed by atoms with Crippen LogP contribution >= 0.6 is 23.2 Å². The molecule has 2 aromatic rings. The molecular weight excluding hydrogens is 269 g/mol. The summed E-state index contributed by atoms with van der Waals surface area (Å²) in [7, 11) is 0. The van der Waals surface area contributed by atoms with Crippen molar-refractivity contribution in [3.8, 4) is 0 Å². The van der Waals surface area contributed by atoms with Gasteiger partial charge >= 0.3 is 0 Å². The number of furan rings is 1. The van der Waals surface area contributed by atoms with Crippen LogP contribution in [0, 0.1) is 0 Å². The van der Waals surface area contributed by atoms with Gasteiger partial charge in [0.05, 0.1) is 22.4 Å². The maximum atomic E-state index is 6.27. The predicted molar refractivity (Wildman–Crippen MR) is 75.3 cm³/mol. The van der Waals surface area contributed by atoms with Crippen LogP contribution in [0.15, 0.2) is 41.0 Å². The molecular formula is C14H15Cl2NO. The van der Waals surface area contributed by atoms with Gasteiger partial charge in [-0.15, -0.1) is 0 Å². The molecule has 1 atom stereocenters. The number of hydrogen-bond acceptors (Lipinski definition) is 2. The van der Waals surface area contributed by atoms with Gasteiger partial charge in [0.1, 0.15) is 5.76 Å². The normalized spacial score (nSPS) is 12.6. The number of benzene rings is 1.